The Kier molecular flexibility index (Phi) is 4.37. The van der Waals surface area contributed by atoms with E-state index in [9.17, 15) is 4.79 Å². The van der Waals surface area contributed by atoms with Gasteiger partial charge in [-0.15, -0.1) is 0 Å². The van der Waals surface area contributed by atoms with Crippen LogP contribution >= 0.6 is 0 Å². The summed E-state index contributed by atoms with van der Waals surface area (Å²) in [5.74, 6) is 0.793. The SMILES string of the molecule is CCC(C)CC(C)[C]=O. The van der Waals surface area contributed by atoms with Gasteiger partial charge in [-0.05, 0) is 12.3 Å². The summed E-state index contributed by atoms with van der Waals surface area (Å²) in [5.41, 5.74) is 0. The van der Waals surface area contributed by atoms with Crippen molar-refractivity contribution in [3.63, 3.8) is 0 Å². The number of rotatable bonds is 4. The van der Waals surface area contributed by atoms with E-state index in [0.717, 1.165) is 12.8 Å². The summed E-state index contributed by atoms with van der Waals surface area (Å²) >= 11 is 0. The molecule has 0 heterocycles. The normalized spacial score (nSPS) is 16.8. The lowest BCUT2D eigenvalue weighted by Crippen LogP contribution is -2.02. The molecule has 1 nitrogen and oxygen atoms in total. The van der Waals surface area contributed by atoms with Gasteiger partial charge in [-0.25, -0.2) is 0 Å². The molecule has 0 aromatic heterocycles. The molecule has 0 N–H and O–H groups in total. The fourth-order valence-electron chi connectivity index (χ4n) is 0.818. The van der Waals surface area contributed by atoms with E-state index in [1.165, 1.54) is 0 Å². The van der Waals surface area contributed by atoms with Crippen molar-refractivity contribution in [1.82, 2.24) is 0 Å². The van der Waals surface area contributed by atoms with Crippen molar-refractivity contribution in [2.45, 2.75) is 33.6 Å². The first kappa shape index (κ1) is 8.67. The lowest BCUT2D eigenvalue weighted by atomic mass is 9.97. The minimum atomic E-state index is 0.125. The molecule has 0 spiro atoms. The van der Waals surface area contributed by atoms with Crippen molar-refractivity contribution in [1.29, 1.82) is 0 Å². The Balaban J connectivity index is 3.33. The zero-order chi connectivity index (χ0) is 7.28. The topological polar surface area (TPSA) is 17.1 Å². The smallest absolute Gasteiger partial charge is 0.201 e. The molecule has 0 aliphatic carbocycles. The van der Waals surface area contributed by atoms with Crippen molar-refractivity contribution < 1.29 is 4.79 Å². The van der Waals surface area contributed by atoms with Crippen molar-refractivity contribution in [3.05, 3.63) is 0 Å². The number of hydrogen-bond donors (Lipinski definition) is 0. The van der Waals surface area contributed by atoms with Gasteiger partial charge in [0.2, 0.25) is 6.29 Å². The molecule has 0 saturated heterocycles. The molecule has 0 aromatic carbocycles. The van der Waals surface area contributed by atoms with Crippen LogP contribution in [0.3, 0.4) is 0 Å². The Morgan fingerprint density at radius 2 is 2.00 bits per heavy atom. The largest absolute Gasteiger partial charge is 0.291 e. The Morgan fingerprint density at radius 3 is 2.33 bits per heavy atom. The average molecular weight is 127 g/mol. The Morgan fingerprint density at radius 1 is 1.44 bits per heavy atom. The molecule has 2 atom stereocenters. The van der Waals surface area contributed by atoms with E-state index in [2.05, 4.69) is 13.8 Å². The van der Waals surface area contributed by atoms with E-state index >= 15 is 0 Å². The van der Waals surface area contributed by atoms with Crippen LogP contribution < -0.4 is 0 Å². The van der Waals surface area contributed by atoms with E-state index in [1.54, 1.807) is 0 Å². The van der Waals surface area contributed by atoms with Gasteiger partial charge in [0.1, 0.15) is 0 Å². The summed E-state index contributed by atoms with van der Waals surface area (Å²) in [6.07, 6.45) is 4.12. The lowest BCUT2D eigenvalue weighted by molar-refractivity contribution is 0.445. The summed E-state index contributed by atoms with van der Waals surface area (Å²) < 4.78 is 0. The monoisotopic (exact) mass is 127 g/mol. The third-order valence-corrected chi connectivity index (χ3v) is 1.65. The molecule has 0 bridgehead atoms. The van der Waals surface area contributed by atoms with Crippen molar-refractivity contribution in [2.24, 2.45) is 11.8 Å². The van der Waals surface area contributed by atoms with Crippen LogP contribution in [0.25, 0.3) is 0 Å². The molecule has 0 aliphatic rings. The first-order valence-electron chi connectivity index (χ1n) is 3.58. The van der Waals surface area contributed by atoms with Crippen LogP contribution in [-0.2, 0) is 4.79 Å². The molecule has 0 amide bonds. The van der Waals surface area contributed by atoms with Crippen LogP contribution in [0.5, 0.6) is 0 Å². The van der Waals surface area contributed by atoms with Gasteiger partial charge in [-0.2, -0.15) is 0 Å². The molecule has 1 heteroatoms. The van der Waals surface area contributed by atoms with Gasteiger partial charge in [-0.1, -0.05) is 27.2 Å². The summed E-state index contributed by atoms with van der Waals surface area (Å²) in [4.78, 5) is 10.0. The van der Waals surface area contributed by atoms with Crippen LogP contribution in [0, 0.1) is 11.8 Å². The van der Waals surface area contributed by atoms with E-state index in [0.29, 0.717) is 5.92 Å². The minimum Gasteiger partial charge on any atom is -0.291 e. The summed E-state index contributed by atoms with van der Waals surface area (Å²) in [7, 11) is 0. The first-order chi connectivity index (χ1) is 4.20. The highest BCUT2D eigenvalue weighted by Gasteiger charge is 2.05. The third-order valence-electron chi connectivity index (χ3n) is 1.65. The van der Waals surface area contributed by atoms with Gasteiger partial charge in [0.25, 0.3) is 0 Å². The molecule has 2 unspecified atom stereocenters. The maximum atomic E-state index is 10.0. The van der Waals surface area contributed by atoms with E-state index < -0.39 is 0 Å². The molecule has 53 valence electrons. The second-order valence-electron chi connectivity index (χ2n) is 2.77. The second kappa shape index (κ2) is 4.54. The van der Waals surface area contributed by atoms with Crippen LogP contribution in [0.2, 0.25) is 0 Å². The highest BCUT2D eigenvalue weighted by atomic mass is 16.1. The molecule has 0 saturated carbocycles. The van der Waals surface area contributed by atoms with E-state index in [-0.39, 0.29) is 5.92 Å². The molecular formula is C8H15O. The van der Waals surface area contributed by atoms with Crippen molar-refractivity contribution in [3.8, 4) is 0 Å². The summed E-state index contributed by atoms with van der Waals surface area (Å²) in [5, 5.41) is 0. The molecule has 0 fully saturated rings. The zero-order valence-corrected chi connectivity index (χ0v) is 6.48. The van der Waals surface area contributed by atoms with Crippen LogP contribution in [0.4, 0.5) is 0 Å². The zero-order valence-electron chi connectivity index (χ0n) is 6.48. The second-order valence-corrected chi connectivity index (χ2v) is 2.77. The highest BCUT2D eigenvalue weighted by molar-refractivity contribution is 5.53. The quantitative estimate of drug-likeness (QED) is 0.565. The standard InChI is InChI=1S/C8H15O/c1-4-7(2)5-8(3)6-9/h7-8H,4-5H2,1-3H3. The van der Waals surface area contributed by atoms with Gasteiger partial charge < -0.3 is 0 Å². The van der Waals surface area contributed by atoms with E-state index in [1.807, 2.05) is 13.2 Å². The number of hydrogen-bond acceptors (Lipinski definition) is 1. The average Bonchev–Trinajstić information content (AvgIpc) is 1.87. The third kappa shape index (κ3) is 4.19. The fraction of sp³-hybridized carbons (Fsp3) is 0.875. The molecule has 0 aromatic rings. The molecule has 1 radical (unpaired) electrons. The number of carbonyl (C=O) groups excluding carboxylic acids is 1. The van der Waals surface area contributed by atoms with Gasteiger partial charge in [0.15, 0.2) is 0 Å². The van der Waals surface area contributed by atoms with Crippen LogP contribution in [0.15, 0.2) is 0 Å². The Bertz CT molecular complexity index is 78.6. The minimum absolute atomic E-state index is 0.125. The summed E-state index contributed by atoms with van der Waals surface area (Å²) in [6.45, 7) is 6.22. The van der Waals surface area contributed by atoms with Gasteiger partial charge in [-0.3, -0.25) is 4.79 Å². The molecule has 0 rings (SSSR count). The van der Waals surface area contributed by atoms with Crippen molar-refractivity contribution in [2.75, 3.05) is 0 Å². The fourth-order valence-corrected chi connectivity index (χ4v) is 0.818. The van der Waals surface area contributed by atoms with E-state index in [4.69, 9.17) is 0 Å². The molecule has 0 aliphatic heterocycles. The maximum Gasteiger partial charge on any atom is 0.201 e. The van der Waals surface area contributed by atoms with Gasteiger partial charge in [0, 0.05) is 5.92 Å². The van der Waals surface area contributed by atoms with Gasteiger partial charge in [0.05, 0.1) is 0 Å². The Hall–Kier alpha value is -0.330. The maximum absolute atomic E-state index is 10.0. The molecule has 9 heavy (non-hydrogen) atoms. The summed E-state index contributed by atoms with van der Waals surface area (Å²) in [6, 6.07) is 0. The van der Waals surface area contributed by atoms with Crippen molar-refractivity contribution >= 4 is 6.29 Å². The predicted octanol–water partition coefficient (Wildman–Crippen LogP) is 2.17. The molecular weight excluding hydrogens is 112 g/mol. The van der Waals surface area contributed by atoms with Gasteiger partial charge >= 0.3 is 0 Å². The predicted molar refractivity (Wildman–Crippen MR) is 38.9 cm³/mol. The van der Waals surface area contributed by atoms with Crippen LogP contribution in [-0.4, -0.2) is 6.29 Å². The van der Waals surface area contributed by atoms with Crippen LogP contribution in [0.1, 0.15) is 33.6 Å². The first-order valence-corrected chi connectivity index (χ1v) is 3.58. The lowest BCUT2D eigenvalue weighted by Gasteiger charge is -2.08. The Labute approximate surface area is 57.5 Å². The highest BCUT2D eigenvalue weighted by Crippen LogP contribution is 2.12.